The quantitative estimate of drug-likeness (QED) is 0.787. The van der Waals surface area contributed by atoms with E-state index in [2.05, 4.69) is 32.2 Å². The van der Waals surface area contributed by atoms with E-state index in [9.17, 15) is 4.79 Å². The molecule has 96 valence electrons. The predicted molar refractivity (Wildman–Crippen MR) is 71.6 cm³/mol. The second-order valence-corrected chi connectivity index (χ2v) is 5.71. The second-order valence-electron chi connectivity index (χ2n) is 4.37. The third-order valence-electron chi connectivity index (χ3n) is 2.88. The smallest absolute Gasteiger partial charge is 0.320 e. The van der Waals surface area contributed by atoms with E-state index in [0.717, 1.165) is 12.8 Å². The number of aliphatic carboxylic acids is 1. The first-order chi connectivity index (χ1) is 8.04. The first-order valence-corrected chi connectivity index (χ1v) is 6.88. The number of rotatable bonds is 7. The Bertz CT molecular complexity index is 354. The van der Waals surface area contributed by atoms with Gasteiger partial charge in [-0.15, -0.1) is 11.3 Å². The van der Waals surface area contributed by atoms with Crippen molar-refractivity contribution in [1.82, 2.24) is 5.32 Å². The summed E-state index contributed by atoms with van der Waals surface area (Å²) in [7, 11) is 0. The maximum absolute atomic E-state index is 11.0. The van der Waals surface area contributed by atoms with E-state index >= 15 is 0 Å². The summed E-state index contributed by atoms with van der Waals surface area (Å²) in [5.74, 6) is -0.747. The number of aryl methyl sites for hydroxylation is 2. The molecule has 0 spiro atoms. The summed E-state index contributed by atoms with van der Waals surface area (Å²) >= 11 is 1.74. The topological polar surface area (TPSA) is 49.3 Å². The summed E-state index contributed by atoms with van der Waals surface area (Å²) in [5, 5.41) is 12.2. The molecule has 1 aromatic rings. The van der Waals surface area contributed by atoms with Crippen molar-refractivity contribution in [1.29, 1.82) is 0 Å². The third kappa shape index (κ3) is 4.48. The monoisotopic (exact) mass is 255 g/mol. The van der Waals surface area contributed by atoms with Crippen LogP contribution in [-0.4, -0.2) is 17.1 Å². The van der Waals surface area contributed by atoms with Gasteiger partial charge in [-0.05, 0) is 31.9 Å². The van der Waals surface area contributed by atoms with E-state index in [1.165, 1.54) is 15.3 Å². The van der Waals surface area contributed by atoms with Crippen LogP contribution in [0.2, 0.25) is 0 Å². The zero-order valence-electron chi connectivity index (χ0n) is 10.7. The predicted octanol–water partition coefficient (Wildman–Crippen LogP) is 3.10. The summed E-state index contributed by atoms with van der Waals surface area (Å²) < 4.78 is 0. The van der Waals surface area contributed by atoms with Crippen molar-refractivity contribution >= 4 is 17.3 Å². The van der Waals surface area contributed by atoms with Crippen molar-refractivity contribution in [2.45, 2.75) is 52.6 Å². The number of nitrogens with one attached hydrogen (secondary N) is 1. The van der Waals surface area contributed by atoms with E-state index in [1.54, 1.807) is 11.3 Å². The van der Waals surface area contributed by atoms with E-state index < -0.39 is 12.0 Å². The maximum atomic E-state index is 11.0. The van der Waals surface area contributed by atoms with Gasteiger partial charge in [0, 0.05) is 16.3 Å². The van der Waals surface area contributed by atoms with Crippen molar-refractivity contribution < 1.29 is 9.90 Å². The lowest BCUT2D eigenvalue weighted by molar-refractivity contribution is -0.139. The highest BCUT2D eigenvalue weighted by Crippen LogP contribution is 2.20. The standard InChI is InChI=1S/C13H21NO2S/c1-4-5-6-12(13(15)16)14-8-11-7-9(2)10(3)17-11/h7,12,14H,4-6,8H2,1-3H3,(H,15,16). The molecule has 17 heavy (non-hydrogen) atoms. The zero-order valence-corrected chi connectivity index (χ0v) is 11.6. The molecule has 2 N–H and O–H groups in total. The fraction of sp³-hybridized carbons (Fsp3) is 0.615. The number of hydrogen-bond donors (Lipinski definition) is 2. The van der Waals surface area contributed by atoms with Crippen molar-refractivity contribution in [3.63, 3.8) is 0 Å². The Hall–Kier alpha value is -0.870. The van der Waals surface area contributed by atoms with Gasteiger partial charge in [-0.25, -0.2) is 0 Å². The number of carbonyl (C=O) groups is 1. The van der Waals surface area contributed by atoms with Crippen LogP contribution < -0.4 is 5.32 Å². The number of carboxylic acids is 1. The molecule has 1 rings (SSSR count). The highest BCUT2D eigenvalue weighted by Gasteiger charge is 2.16. The minimum Gasteiger partial charge on any atom is -0.480 e. The van der Waals surface area contributed by atoms with Gasteiger partial charge >= 0.3 is 5.97 Å². The first-order valence-electron chi connectivity index (χ1n) is 6.06. The maximum Gasteiger partial charge on any atom is 0.320 e. The molecule has 0 fully saturated rings. The number of carboxylic acid groups (broad SMARTS) is 1. The molecule has 1 aromatic heterocycles. The minimum atomic E-state index is -0.747. The van der Waals surface area contributed by atoms with Crippen LogP contribution >= 0.6 is 11.3 Å². The molecule has 0 saturated heterocycles. The molecule has 3 nitrogen and oxygen atoms in total. The van der Waals surface area contributed by atoms with Gasteiger partial charge in [-0.2, -0.15) is 0 Å². The lowest BCUT2D eigenvalue weighted by Gasteiger charge is -2.12. The normalized spacial score (nSPS) is 12.6. The Kier molecular flexibility index (Phi) is 5.65. The largest absolute Gasteiger partial charge is 0.480 e. The van der Waals surface area contributed by atoms with Gasteiger partial charge in [-0.3, -0.25) is 10.1 Å². The summed E-state index contributed by atoms with van der Waals surface area (Å²) in [5.41, 5.74) is 1.28. The fourth-order valence-corrected chi connectivity index (χ4v) is 2.69. The molecule has 0 aliphatic carbocycles. The molecular formula is C13H21NO2S. The van der Waals surface area contributed by atoms with E-state index in [-0.39, 0.29) is 0 Å². The van der Waals surface area contributed by atoms with Crippen LogP contribution in [0.5, 0.6) is 0 Å². The van der Waals surface area contributed by atoms with Crippen LogP contribution in [0.4, 0.5) is 0 Å². The Labute approximate surface area is 107 Å². The van der Waals surface area contributed by atoms with E-state index in [1.807, 2.05) is 0 Å². The molecular weight excluding hydrogens is 234 g/mol. The van der Waals surface area contributed by atoms with Gasteiger partial charge in [0.25, 0.3) is 0 Å². The van der Waals surface area contributed by atoms with Gasteiger partial charge in [0.1, 0.15) is 6.04 Å². The van der Waals surface area contributed by atoms with Crippen molar-refractivity contribution in [2.24, 2.45) is 0 Å². The average Bonchev–Trinajstić information content (AvgIpc) is 2.58. The molecule has 1 atom stereocenters. The van der Waals surface area contributed by atoms with Crippen LogP contribution in [0.1, 0.15) is 41.5 Å². The summed E-state index contributed by atoms with van der Waals surface area (Å²) in [6.07, 6.45) is 2.68. The summed E-state index contributed by atoms with van der Waals surface area (Å²) in [6, 6.07) is 1.71. The van der Waals surface area contributed by atoms with Gasteiger partial charge in [0.05, 0.1) is 0 Å². The van der Waals surface area contributed by atoms with Crippen molar-refractivity contribution in [2.75, 3.05) is 0 Å². The third-order valence-corrected chi connectivity index (χ3v) is 4.04. The van der Waals surface area contributed by atoms with E-state index in [0.29, 0.717) is 13.0 Å². The number of hydrogen-bond acceptors (Lipinski definition) is 3. The van der Waals surface area contributed by atoms with Gasteiger partial charge in [0.2, 0.25) is 0 Å². The first kappa shape index (κ1) is 14.2. The van der Waals surface area contributed by atoms with Crippen LogP contribution in [0.3, 0.4) is 0 Å². The molecule has 4 heteroatoms. The number of thiophene rings is 1. The van der Waals surface area contributed by atoms with Crippen LogP contribution in [-0.2, 0) is 11.3 Å². The highest BCUT2D eigenvalue weighted by molar-refractivity contribution is 7.12. The van der Waals surface area contributed by atoms with Crippen LogP contribution in [0.25, 0.3) is 0 Å². The molecule has 0 aromatic carbocycles. The Morgan fingerprint density at radius 1 is 1.53 bits per heavy atom. The van der Waals surface area contributed by atoms with E-state index in [4.69, 9.17) is 5.11 Å². The van der Waals surface area contributed by atoms with Gasteiger partial charge < -0.3 is 5.11 Å². The Morgan fingerprint density at radius 3 is 2.71 bits per heavy atom. The second kappa shape index (κ2) is 6.77. The molecule has 0 saturated carbocycles. The molecule has 0 aliphatic rings. The number of unbranched alkanes of at least 4 members (excludes halogenated alkanes) is 1. The minimum absolute atomic E-state index is 0.419. The van der Waals surface area contributed by atoms with Crippen molar-refractivity contribution in [3.8, 4) is 0 Å². The lowest BCUT2D eigenvalue weighted by atomic mass is 10.1. The summed E-state index contributed by atoms with van der Waals surface area (Å²) in [4.78, 5) is 13.6. The molecule has 0 amide bonds. The highest BCUT2D eigenvalue weighted by atomic mass is 32.1. The van der Waals surface area contributed by atoms with Gasteiger partial charge in [0.15, 0.2) is 0 Å². The fourth-order valence-electron chi connectivity index (χ4n) is 1.68. The molecule has 0 aliphatic heterocycles. The molecule has 0 bridgehead atoms. The summed E-state index contributed by atoms with van der Waals surface area (Å²) in [6.45, 7) is 6.90. The van der Waals surface area contributed by atoms with Crippen molar-refractivity contribution in [3.05, 3.63) is 21.4 Å². The molecule has 1 unspecified atom stereocenters. The Balaban J connectivity index is 2.48. The van der Waals surface area contributed by atoms with Crippen LogP contribution in [0, 0.1) is 13.8 Å². The van der Waals surface area contributed by atoms with Crippen LogP contribution in [0.15, 0.2) is 6.07 Å². The SMILES string of the molecule is CCCCC(NCc1cc(C)c(C)s1)C(=O)O. The van der Waals surface area contributed by atoms with Gasteiger partial charge in [-0.1, -0.05) is 19.8 Å². The lowest BCUT2D eigenvalue weighted by Crippen LogP contribution is -2.35. The molecule has 0 radical (unpaired) electrons. The Morgan fingerprint density at radius 2 is 2.24 bits per heavy atom. The average molecular weight is 255 g/mol. The zero-order chi connectivity index (χ0) is 12.8. The molecule has 1 heterocycles.